The van der Waals surface area contributed by atoms with E-state index in [1.54, 1.807) is 17.0 Å². The molecule has 82 valence electrons. The van der Waals surface area contributed by atoms with E-state index in [0.29, 0.717) is 23.8 Å². The van der Waals surface area contributed by atoms with Crippen LogP contribution in [0.2, 0.25) is 5.02 Å². The predicted molar refractivity (Wildman–Crippen MR) is 63.3 cm³/mol. The van der Waals surface area contributed by atoms with Crippen LogP contribution in [-0.2, 0) is 4.79 Å². The van der Waals surface area contributed by atoms with Crippen LogP contribution < -0.4 is 4.90 Å². The molecule has 0 radical (unpaired) electrons. The van der Waals surface area contributed by atoms with Crippen molar-refractivity contribution in [2.75, 3.05) is 11.4 Å². The Bertz CT molecular complexity index is 478. The third-order valence-electron chi connectivity index (χ3n) is 2.64. The van der Waals surface area contributed by atoms with Crippen molar-refractivity contribution < 1.29 is 4.79 Å². The second-order valence-electron chi connectivity index (χ2n) is 3.81. The van der Waals surface area contributed by atoms with Gasteiger partial charge in [0, 0.05) is 18.9 Å². The van der Waals surface area contributed by atoms with Crippen molar-refractivity contribution in [3.05, 3.63) is 22.8 Å². The summed E-state index contributed by atoms with van der Waals surface area (Å²) in [5.41, 5.74) is 0.719. The van der Waals surface area contributed by atoms with Gasteiger partial charge in [-0.05, 0) is 19.1 Å². The highest BCUT2D eigenvalue weighted by atomic mass is 35.5. The second kappa shape index (κ2) is 4.15. The van der Waals surface area contributed by atoms with E-state index in [2.05, 4.69) is 10.9 Å². The molecule has 1 aromatic rings. The number of pyridine rings is 1. The number of aryl methyl sites for hydroxylation is 1. The average molecular weight is 235 g/mol. The first-order valence-corrected chi connectivity index (χ1v) is 5.39. The minimum atomic E-state index is -0.00900. The SMILES string of the molecule is C#CC1CC(=O)N(c2ccc(Cl)c(C)n2)C1. The first-order chi connectivity index (χ1) is 7.61. The fourth-order valence-corrected chi connectivity index (χ4v) is 1.83. The van der Waals surface area contributed by atoms with Gasteiger partial charge in [-0.1, -0.05) is 11.6 Å². The van der Waals surface area contributed by atoms with Crippen LogP contribution in [0.15, 0.2) is 12.1 Å². The van der Waals surface area contributed by atoms with Crippen molar-refractivity contribution in [2.45, 2.75) is 13.3 Å². The number of aromatic nitrogens is 1. The highest BCUT2D eigenvalue weighted by Gasteiger charge is 2.30. The number of hydrogen-bond acceptors (Lipinski definition) is 2. The molecule has 1 fully saturated rings. The molecule has 1 amide bonds. The van der Waals surface area contributed by atoms with Gasteiger partial charge in [-0.25, -0.2) is 4.98 Å². The van der Waals surface area contributed by atoms with Gasteiger partial charge in [-0.3, -0.25) is 9.69 Å². The van der Waals surface area contributed by atoms with Crippen molar-refractivity contribution in [3.8, 4) is 12.3 Å². The normalized spacial score (nSPS) is 19.9. The first kappa shape index (κ1) is 11.0. The number of halogens is 1. The molecule has 2 rings (SSSR count). The summed E-state index contributed by atoms with van der Waals surface area (Å²) in [6.07, 6.45) is 5.72. The minimum Gasteiger partial charge on any atom is -0.296 e. The standard InChI is InChI=1S/C12H11ClN2O/c1-3-9-6-12(16)15(7-9)11-5-4-10(13)8(2)14-11/h1,4-5,9H,6-7H2,2H3. The Morgan fingerprint density at radius 2 is 2.38 bits per heavy atom. The summed E-state index contributed by atoms with van der Waals surface area (Å²) in [5.74, 6) is 3.25. The Balaban J connectivity index is 2.29. The molecule has 0 aliphatic carbocycles. The maximum atomic E-state index is 11.7. The van der Waals surface area contributed by atoms with Gasteiger partial charge in [0.05, 0.1) is 10.7 Å². The molecule has 0 aromatic carbocycles. The average Bonchev–Trinajstić information content (AvgIpc) is 2.64. The van der Waals surface area contributed by atoms with Crippen LogP contribution in [0, 0.1) is 25.2 Å². The molecule has 0 N–H and O–H groups in total. The van der Waals surface area contributed by atoms with Crippen LogP contribution in [-0.4, -0.2) is 17.4 Å². The molecule has 1 aliphatic heterocycles. The lowest BCUT2D eigenvalue weighted by atomic mass is 10.1. The molecule has 4 heteroatoms. The predicted octanol–water partition coefficient (Wildman–Crippen LogP) is 2.03. The van der Waals surface area contributed by atoms with Gasteiger partial charge >= 0.3 is 0 Å². The van der Waals surface area contributed by atoms with E-state index in [4.69, 9.17) is 18.0 Å². The lowest BCUT2D eigenvalue weighted by Gasteiger charge is -2.15. The largest absolute Gasteiger partial charge is 0.296 e. The minimum absolute atomic E-state index is 0.00900. The van der Waals surface area contributed by atoms with Crippen LogP contribution in [0.25, 0.3) is 0 Å². The van der Waals surface area contributed by atoms with Gasteiger partial charge in [0.1, 0.15) is 5.82 Å². The number of anilines is 1. The van der Waals surface area contributed by atoms with Gasteiger partial charge in [-0.15, -0.1) is 12.3 Å². The Kier molecular flexibility index (Phi) is 2.84. The number of hydrogen-bond donors (Lipinski definition) is 0. The van der Waals surface area contributed by atoms with Crippen LogP contribution >= 0.6 is 11.6 Å². The number of rotatable bonds is 1. The van der Waals surface area contributed by atoms with Crippen molar-refractivity contribution >= 4 is 23.3 Å². The zero-order valence-electron chi connectivity index (χ0n) is 8.90. The summed E-state index contributed by atoms with van der Waals surface area (Å²) in [5, 5.41) is 0.601. The number of terminal acetylenes is 1. The molecular formula is C12H11ClN2O. The zero-order valence-corrected chi connectivity index (χ0v) is 9.66. The van der Waals surface area contributed by atoms with Gasteiger partial charge in [0.15, 0.2) is 0 Å². The topological polar surface area (TPSA) is 33.2 Å². The van der Waals surface area contributed by atoms with Gasteiger partial charge in [-0.2, -0.15) is 0 Å². The van der Waals surface area contributed by atoms with Crippen LogP contribution in [0.4, 0.5) is 5.82 Å². The molecule has 3 nitrogen and oxygen atoms in total. The van der Waals surface area contributed by atoms with E-state index < -0.39 is 0 Å². The van der Waals surface area contributed by atoms with E-state index in [1.807, 2.05) is 6.92 Å². The Morgan fingerprint density at radius 3 is 2.94 bits per heavy atom. The molecule has 1 aliphatic rings. The van der Waals surface area contributed by atoms with Crippen LogP contribution in [0.3, 0.4) is 0 Å². The first-order valence-electron chi connectivity index (χ1n) is 5.01. The van der Waals surface area contributed by atoms with Gasteiger partial charge < -0.3 is 0 Å². The van der Waals surface area contributed by atoms with Crippen LogP contribution in [0.5, 0.6) is 0 Å². The lowest BCUT2D eigenvalue weighted by molar-refractivity contribution is -0.117. The fourth-order valence-electron chi connectivity index (χ4n) is 1.72. The molecule has 0 spiro atoms. The summed E-state index contributed by atoms with van der Waals surface area (Å²) < 4.78 is 0. The van der Waals surface area contributed by atoms with E-state index in [0.717, 1.165) is 5.69 Å². The number of amides is 1. The smallest absolute Gasteiger partial charge is 0.229 e. The number of carbonyl (C=O) groups is 1. The van der Waals surface area contributed by atoms with E-state index >= 15 is 0 Å². The maximum Gasteiger partial charge on any atom is 0.229 e. The molecule has 16 heavy (non-hydrogen) atoms. The molecule has 1 aromatic heterocycles. The van der Waals surface area contributed by atoms with Crippen molar-refractivity contribution in [3.63, 3.8) is 0 Å². The summed E-state index contributed by atoms with van der Waals surface area (Å²) in [4.78, 5) is 17.6. The lowest BCUT2D eigenvalue weighted by Crippen LogP contribution is -2.25. The zero-order chi connectivity index (χ0) is 11.7. The summed E-state index contributed by atoms with van der Waals surface area (Å²) >= 11 is 5.88. The molecule has 2 heterocycles. The maximum absolute atomic E-state index is 11.7. The Labute approximate surface area is 99.4 Å². The highest BCUT2D eigenvalue weighted by molar-refractivity contribution is 6.31. The van der Waals surface area contributed by atoms with Gasteiger partial charge in [0.25, 0.3) is 0 Å². The fraction of sp³-hybridized carbons (Fsp3) is 0.333. The highest BCUT2D eigenvalue weighted by Crippen LogP contribution is 2.25. The van der Waals surface area contributed by atoms with Crippen LogP contribution in [0.1, 0.15) is 12.1 Å². The molecular weight excluding hydrogens is 224 g/mol. The van der Waals surface area contributed by atoms with Crippen molar-refractivity contribution in [2.24, 2.45) is 5.92 Å². The Hall–Kier alpha value is -1.53. The summed E-state index contributed by atoms with van der Waals surface area (Å²) in [7, 11) is 0. The van der Waals surface area contributed by atoms with Crippen molar-refractivity contribution in [1.82, 2.24) is 4.98 Å². The molecule has 0 bridgehead atoms. The quantitative estimate of drug-likeness (QED) is 0.697. The Morgan fingerprint density at radius 1 is 1.62 bits per heavy atom. The number of carbonyl (C=O) groups excluding carboxylic acids is 1. The molecule has 1 unspecified atom stereocenters. The van der Waals surface area contributed by atoms with E-state index in [1.165, 1.54) is 0 Å². The molecule has 1 saturated heterocycles. The third kappa shape index (κ3) is 1.89. The summed E-state index contributed by atoms with van der Waals surface area (Å²) in [6, 6.07) is 3.49. The van der Waals surface area contributed by atoms with E-state index in [9.17, 15) is 4.79 Å². The second-order valence-corrected chi connectivity index (χ2v) is 4.22. The summed E-state index contributed by atoms with van der Waals surface area (Å²) in [6.45, 7) is 2.36. The third-order valence-corrected chi connectivity index (χ3v) is 3.04. The van der Waals surface area contributed by atoms with Crippen molar-refractivity contribution in [1.29, 1.82) is 0 Å². The molecule has 1 atom stereocenters. The van der Waals surface area contributed by atoms with E-state index in [-0.39, 0.29) is 11.8 Å². The van der Waals surface area contributed by atoms with Gasteiger partial charge in [0.2, 0.25) is 5.91 Å². The molecule has 0 saturated carbocycles. The monoisotopic (exact) mass is 234 g/mol. The number of nitrogens with zero attached hydrogens (tertiary/aromatic N) is 2.